The number of rotatable bonds is 2. The molecule has 0 saturated carbocycles. The fourth-order valence-corrected chi connectivity index (χ4v) is 0.729. The van der Waals surface area contributed by atoms with Crippen LogP contribution < -0.4 is 10.5 Å². The lowest BCUT2D eigenvalue weighted by molar-refractivity contribution is 0.370. The summed E-state index contributed by atoms with van der Waals surface area (Å²) in [6.45, 7) is 0.281. The van der Waals surface area contributed by atoms with Gasteiger partial charge in [-0.15, -0.1) is 6.42 Å². The van der Waals surface area contributed by atoms with E-state index in [1.807, 2.05) is 12.1 Å². The summed E-state index contributed by atoms with van der Waals surface area (Å²) in [5, 5.41) is 0. The molecule has 0 aliphatic heterocycles. The van der Waals surface area contributed by atoms with Gasteiger partial charge in [-0.1, -0.05) is 12.0 Å². The van der Waals surface area contributed by atoms with Gasteiger partial charge in [0.05, 0.1) is 0 Å². The Morgan fingerprint density at radius 2 is 2.36 bits per heavy atom. The molecular weight excluding hydrogens is 138 g/mol. The third-order valence-electron chi connectivity index (χ3n) is 1.18. The Kier molecular flexibility index (Phi) is 2.40. The second-order valence-electron chi connectivity index (χ2n) is 2.07. The quantitative estimate of drug-likeness (QED) is 0.505. The molecule has 2 N–H and O–H groups in total. The van der Waals surface area contributed by atoms with E-state index in [-0.39, 0.29) is 6.61 Å². The van der Waals surface area contributed by atoms with Gasteiger partial charge in [-0.05, 0) is 12.1 Å². The van der Waals surface area contributed by atoms with E-state index in [0.717, 1.165) is 0 Å². The van der Waals surface area contributed by atoms with Crippen molar-refractivity contribution in [3.05, 3.63) is 24.3 Å². The maximum absolute atomic E-state index is 5.50. The Morgan fingerprint density at radius 1 is 1.55 bits per heavy atom. The van der Waals surface area contributed by atoms with Gasteiger partial charge in [0.15, 0.2) is 0 Å². The van der Waals surface area contributed by atoms with Crippen molar-refractivity contribution < 1.29 is 4.74 Å². The molecule has 11 heavy (non-hydrogen) atoms. The summed E-state index contributed by atoms with van der Waals surface area (Å²) in [5.74, 6) is 3.08. The van der Waals surface area contributed by atoms with Crippen molar-refractivity contribution >= 4 is 5.69 Å². The van der Waals surface area contributed by atoms with Gasteiger partial charge in [-0.2, -0.15) is 0 Å². The predicted molar refractivity (Wildman–Crippen MR) is 45.2 cm³/mol. The summed E-state index contributed by atoms with van der Waals surface area (Å²) in [4.78, 5) is 0. The normalized spacial score (nSPS) is 8.64. The van der Waals surface area contributed by atoms with E-state index >= 15 is 0 Å². The Bertz CT molecular complexity index is 275. The largest absolute Gasteiger partial charge is 0.481 e. The predicted octanol–water partition coefficient (Wildman–Crippen LogP) is 1.28. The summed E-state index contributed by atoms with van der Waals surface area (Å²) in [7, 11) is 0. The van der Waals surface area contributed by atoms with Crippen molar-refractivity contribution in [2.24, 2.45) is 0 Å². The Labute approximate surface area is 66.0 Å². The number of nitrogens with two attached hydrogens (primary N) is 1. The third-order valence-corrected chi connectivity index (χ3v) is 1.18. The first-order chi connectivity index (χ1) is 5.33. The number of terminal acetylenes is 1. The zero-order chi connectivity index (χ0) is 8.10. The van der Waals surface area contributed by atoms with Crippen LogP contribution in [-0.2, 0) is 0 Å². The van der Waals surface area contributed by atoms with Crippen LogP contribution in [0.5, 0.6) is 5.75 Å². The average molecular weight is 147 g/mol. The number of nitrogen functional groups attached to an aromatic ring is 1. The van der Waals surface area contributed by atoms with E-state index < -0.39 is 0 Å². The summed E-state index contributed by atoms with van der Waals surface area (Å²) in [6.07, 6.45) is 5.01. The lowest BCUT2D eigenvalue weighted by atomic mass is 10.3. The van der Waals surface area contributed by atoms with Crippen LogP contribution in [0.2, 0.25) is 0 Å². The zero-order valence-corrected chi connectivity index (χ0v) is 6.08. The number of benzene rings is 1. The lowest BCUT2D eigenvalue weighted by Gasteiger charge is -2.01. The van der Waals surface area contributed by atoms with Gasteiger partial charge in [-0.25, -0.2) is 0 Å². The van der Waals surface area contributed by atoms with Gasteiger partial charge in [0.1, 0.15) is 12.4 Å². The SMILES string of the molecule is C#CCOc1cccc(N)c1. The van der Waals surface area contributed by atoms with E-state index in [2.05, 4.69) is 5.92 Å². The first kappa shape index (κ1) is 7.49. The van der Waals surface area contributed by atoms with Crippen molar-refractivity contribution in [1.29, 1.82) is 0 Å². The van der Waals surface area contributed by atoms with E-state index in [1.165, 1.54) is 0 Å². The number of anilines is 1. The first-order valence-electron chi connectivity index (χ1n) is 3.25. The molecule has 2 heteroatoms. The van der Waals surface area contributed by atoms with Crippen molar-refractivity contribution in [2.75, 3.05) is 12.3 Å². The standard InChI is InChI=1S/C9H9NO/c1-2-6-11-9-5-3-4-8(10)7-9/h1,3-5,7H,6,10H2. The molecule has 0 aromatic heterocycles. The van der Waals surface area contributed by atoms with E-state index in [9.17, 15) is 0 Å². The van der Waals surface area contributed by atoms with Crippen LogP contribution in [0.1, 0.15) is 0 Å². The van der Waals surface area contributed by atoms with Crippen LogP contribution in [0.25, 0.3) is 0 Å². The number of hydrogen-bond acceptors (Lipinski definition) is 2. The first-order valence-corrected chi connectivity index (χ1v) is 3.25. The molecule has 0 aliphatic rings. The summed E-state index contributed by atoms with van der Waals surface area (Å²) >= 11 is 0. The highest BCUT2D eigenvalue weighted by molar-refractivity contribution is 5.43. The van der Waals surface area contributed by atoms with Gasteiger partial charge in [0, 0.05) is 11.8 Å². The topological polar surface area (TPSA) is 35.2 Å². The molecule has 1 aromatic carbocycles. The highest BCUT2D eigenvalue weighted by atomic mass is 16.5. The van der Waals surface area contributed by atoms with Gasteiger partial charge in [0.25, 0.3) is 0 Å². The second-order valence-corrected chi connectivity index (χ2v) is 2.07. The van der Waals surface area contributed by atoms with Gasteiger partial charge < -0.3 is 10.5 Å². The Morgan fingerprint density at radius 3 is 3.00 bits per heavy atom. The molecule has 0 heterocycles. The van der Waals surface area contributed by atoms with Gasteiger partial charge >= 0.3 is 0 Å². The zero-order valence-electron chi connectivity index (χ0n) is 6.08. The van der Waals surface area contributed by atoms with Crippen LogP contribution >= 0.6 is 0 Å². The minimum absolute atomic E-state index is 0.281. The average Bonchev–Trinajstić information content (AvgIpc) is 2.01. The maximum Gasteiger partial charge on any atom is 0.148 e. The minimum Gasteiger partial charge on any atom is -0.481 e. The Balaban J connectivity index is 2.65. The molecule has 0 atom stereocenters. The summed E-state index contributed by atoms with van der Waals surface area (Å²) < 4.78 is 5.12. The second kappa shape index (κ2) is 3.52. The smallest absolute Gasteiger partial charge is 0.148 e. The molecular formula is C9H9NO. The fraction of sp³-hybridized carbons (Fsp3) is 0.111. The molecule has 1 aromatic rings. The van der Waals surface area contributed by atoms with Crippen molar-refractivity contribution in [3.8, 4) is 18.1 Å². The summed E-state index contributed by atoms with van der Waals surface area (Å²) in [5.41, 5.74) is 6.18. The van der Waals surface area contributed by atoms with Crippen LogP contribution in [0, 0.1) is 12.3 Å². The molecule has 0 amide bonds. The van der Waals surface area contributed by atoms with Crippen molar-refractivity contribution in [1.82, 2.24) is 0 Å². The highest BCUT2D eigenvalue weighted by Gasteiger charge is 1.90. The van der Waals surface area contributed by atoms with Crippen LogP contribution in [0.4, 0.5) is 5.69 Å². The fourth-order valence-electron chi connectivity index (χ4n) is 0.729. The molecule has 0 radical (unpaired) electrons. The molecule has 0 aliphatic carbocycles. The van der Waals surface area contributed by atoms with Crippen LogP contribution in [0.3, 0.4) is 0 Å². The Hall–Kier alpha value is -1.62. The molecule has 1 rings (SSSR count). The van der Waals surface area contributed by atoms with Gasteiger partial charge in [0.2, 0.25) is 0 Å². The van der Waals surface area contributed by atoms with E-state index in [1.54, 1.807) is 12.1 Å². The number of hydrogen-bond donors (Lipinski definition) is 1. The van der Waals surface area contributed by atoms with E-state index in [0.29, 0.717) is 11.4 Å². The van der Waals surface area contributed by atoms with Gasteiger partial charge in [-0.3, -0.25) is 0 Å². The molecule has 0 saturated heterocycles. The van der Waals surface area contributed by atoms with Crippen molar-refractivity contribution in [3.63, 3.8) is 0 Å². The highest BCUT2D eigenvalue weighted by Crippen LogP contribution is 2.13. The molecule has 0 unspecified atom stereocenters. The minimum atomic E-state index is 0.281. The van der Waals surface area contributed by atoms with E-state index in [4.69, 9.17) is 16.9 Å². The monoisotopic (exact) mass is 147 g/mol. The molecule has 2 nitrogen and oxygen atoms in total. The molecule has 0 bridgehead atoms. The molecule has 0 spiro atoms. The van der Waals surface area contributed by atoms with Crippen LogP contribution in [0.15, 0.2) is 24.3 Å². The van der Waals surface area contributed by atoms with Crippen molar-refractivity contribution in [2.45, 2.75) is 0 Å². The summed E-state index contributed by atoms with van der Waals surface area (Å²) in [6, 6.07) is 7.16. The maximum atomic E-state index is 5.50. The third kappa shape index (κ3) is 2.23. The number of ether oxygens (including phenoxy) is 1. The lowest BCUT2D eigenvalue weighted by Crippen LogP contribution is -1.93. The van der Waals surface area contributed by atoms with Crippen LogP contribution in [-0.4, -0.2) is 6.61 Å². The molecule has 0 fully saturated rings. The molecule has 56 valence electrons.